The van der Waals surface area contributed by atoms with Crippen molar-refractivity contribution in [1.29, 1.82) is 0 Å². The van der Waals surface area contributed by atoms with E-state index in [9.17, 15) is 4.79 Å². The molecule has 0 radical (unpaired) electrons. The van der Waals surface area contributed by atoms with E-state index in [-0.39, 0.29) is 12.5 Å². The number of halogens is 2. The molecule has 2 aromatic heterocycles. The molecule has 0 aliphatic carbocycles. The Labute approximate surface area is 180 Å². The van der Waals surface area contributed by atoms with Crippen LogP contribution >= 0.6 is 34.5 Å². The van der Waals surface area contributed by atoms with Crippen molar-refractivity contribution in [1.82, 2.24) is 9.97 Å². The van der Waals surface area contributed by atoms with Crippen molar-refractivity contribution in [2.75, 3.05) is 19.0 Å². The van der Waals surface area contributed by atoms with Crippen LogP contribution in [0.15, 0.2) is 36.4 Å². The van der Waals surface area contributed by atoms with Gasteiger partial charge in [-0.3, -0.25) is 10.1 Å². The van der Waals surface area contributed by atoms with Gasteiger partial charge in [-0.15, -0.1) is 0 Å². The SMILES string of the molecule is COc1ccc2nc(NC(=O)COc3c(Cl)cc(Cl)c4ccc(C)nc34)sc2c1. The van der Waals surface area contributed by atoms with Crippen molar-refractivity contribution in [2.45, 2.75) is 6.92 Å². The number of nitrogens with zero attached hydrogens (tertiary/aromatic N) is 2. The first-order valence-electron chi connectivity index (χ1n) is 8.57. The number of carbonyl (C=O) groups is 1. The molecule has 0 bridgehead atoms. The Bertz CT molecular complexity index is 1240. The third-order valence-electron chi connectivity index (χ3n) is 4.17. The van der Waals surface area contributed by atoms with Gasteiger partial charge >= 0.3 is 0 Å². The normalized spacial score (nSPS) is 11.0. The molecular weight excluding hydrogens is 433 g/mol. The molecule has 6 nitrogen and oxygen atoms in total. The van der Waals surface area contributed by atoms with E-state index in [1.54, 1.807) is 13.2 Å². The summed E-state index contributed by atoms with van der Waals surface area (Å²) in [6.07, 6.45) is 0. The predicted octanol–water partition coefficient (Wildman–Crippen LogP) is 5.49. The Morgan fingerprint density at radius 1 is 1.14 bits per heavy atom. The maximum atomic E-state index is 12.4. The van der Waals surface area contributed by atoms with E-state index < -0.39 is 0 Å². The number of aryl methyl sites for hydroxylation is 1. The molecule has 29 heavy (non-hydrogen) atoms. The summed E-state index contributed by atoms with van der Waals surface area (Å²) < 4.78 is 11.8. The number of nitrogens with one attached hydrogen (secondary N) is 1. The summed E-state index contributed by atoms with van der Waals surface area (Å²) in [5.41, 5.74) is 2.08. The zero-order valence-electron chi connectivity index (χ0n) is 15.5. The lowest BCUT2D eigenvalue weighted by Crippen LogP contribution is -2.20. The van der Waals surface area contributed by atoms with Crippen LogP contribution in [0.5, 0.6) is 11.5 Å². The zero-order valence-corrected chi connectivity index (χ0v) is 17.8. The Morgan fingerprint density at radius 2 is 1.97 bits per heavy atom. The molecule has 9 heteroatoms. The molecule has 4 rings (SSSR count). The van der Waals surface area contributed by atoms with Crippen LogP contribution in [0.2, 0.25) is 10.0 Å². The molecular formula is C20H15Cl2N3O3S. The Kier molecular flexibility index (Phi) is 5.45. The highest BCUT2D eigenvalue weighted by Crippen LogP contribution is 2.37. The van der Waals surface area contributed by atoms with Gasteiger partial charge in [-0.1, -0.05) is 34.5 Å². The summed E-state index contributed by atoms with van der Waals surface area (Å²) in [6, 6.07) is 10.8. The maximum absolute atomic E-state index is 12.4. The lowest BCUT2D eigenvalue weighted by molar-refractivity contribution is -0.118. The first-order valence-corrected chi connectivity index (χ1v) is 10.1. The molecule has 0 saturated carbocycles. The monoisotopic (exact) mass is 447 g/mol. The molecule has 0 aliphatic rings. The summed E-state index contributed by atoms with van der Waals surface area (Å²) >= 11 is 13.9. The summed E-state index contributed by atoms with van der Waals surface area (Å²) in [5.74, 6) is 0.691. The predicted molar refractivity (Wildman–Crippen MR) is 117 cm³/mol. The first-order chi connectivity index (χ1) is 13.9. The molecule has 4 aromatic rings. The molecule has 0 fully saturated rings. The van der Waals surface area contributed by atoms with E-state index >= 15 is 0 Å². The molecule has 2 aromatic carbocycles. The van der Waals surface area contributed by atoms with Gasteiger partial charge in [0.25, 0.3) is 5.91 Å². The third kappa shape index (κ3) is 4.07. The fourth-order valence-corrected chi connectivity index (χ4v) is 4.29. The van der Waals surface area contributed by atoms with Crippen LogP contribution in [0.4, 0.5) is 5.13 Å². The van der Waals surface area contributed by atoms with E-state index in [0.29, 0.717) is 31.8 Å². The molecule has 1 amide bonds. The number of thiazole rings is 1. The number of benzene rings is 2. The van der Waals surface area contributed by atoms with Gasteiger partial charge in [-0.2, -0.15) is 0 Å². The minimum atomic E-state index is -0.358. The average Bonchev–Trinajstić information content (AvgIpc) is 3.08. The highest BCUT2D eigenvalue weighted by Gasteiger charge is 2.15. The number of fused-ring (bicyclic) bond motifs is 2. The van der Waals surface area contributed by atoms with Crippen molar-refractivity contribution >= 4 is 66.7 Å². The third-order valence-corrected chi connectivity index (χ3v) is 5.69. The highest BCUT2D eigenvalue weighted by atomic mass is 35.5. The number of rotatable bonds is 5. The molecule has 148 valence electrons. The van der Waals surface area contributed by atoms with Crippen molar-refractivity contribution < 1.29 is 14.3 Å². The lowest BCUT2D eigenvalue weighted by Gasteiger charge is -2.12. The molecule has 1 N–H and O–H groups in total. The number of ether oxygens (including phenoxy) is 2. The van der Waals surface area contributed by atoms with Gasteiger partial charge in [0.15, 0.2) is 17.5 Å². The van der Waals surface area contributed by atoms with Crippen LogP contribution in [-0.2, 0) is 4.79 Å². The van der Waals surface area contributed by atoms with E-state index in [4.69, 9.17) is 32.7 Å². The van der Waals surface area contributed by atoms with Crippen molar-refractivity contribution in [3.8, 4) is 11.5 Å². The maximum Gasteiger partial charge on any atom is 0.264 e. The van der Waals surface area contributed by atoms with E-state index in [0.717, 1.165) is 21.7 Å². The highest BCUT2D eigenvalue weighted by molar-refractivity contribution is 7.22. The standard InChI is InChI=1S/C20H15Cl2N3O3S/c1-10-3-5-12-13(21)8-14(22)19(18(12)23-10)28-9-17(26)25-20-24-15-6-4-11(27-2)7-16(15)29-20/h3-8H,9H2,1-2H3,(H,24,25,26). The number of hydrogen-bond acceptors (Lipinski definition) is 6. The summed E-state index contributed by atoms with van der Waals surface area (Å²) in [4.78, 5) is 21.2. The molecule has 0 atom stereocenters. The van der Waals surface area contributed by atoms with Crippen LogP contribution in [0, 0.1) is 6.92 Å². The smallest absolute Gasteiger partial charge is 0.264 e. The van der Waals surface area contributed by atoms with Crippen LogP contribution in [-0.4, -0.2) is 29.6 Å². The van der Waals surface area contributed by atoms with E-state index in [2.05, 4.69) is 15.3 Å². The van der Waals surface area contributed by atoms with Gasteiger partial charge < -0.3 is 9.47 Å². The molecule has 0 unspecified atom stereocenters. The number of anilines is 1. The Morgan fingerprint density at radius 3 is 2.76 bits per heavy atom. The number of methoxy groups -OCH3 is 1. The largest absolute Gasteiger partial charge is 0.497 e. The van der Waals surface area contributed by atoms with Crippen LogP contribution < -0.4 is 14.8 Å². The minimum absolute atomic E-state index is 0.245. The van der Waals surface area contributed by atoms with E-state index in [1.807, 2.05) is 37.3 Å². The van der Waals surface area contributed by atoms with Crippen molar-refractivity contribution in [3.05, 3.63) is 52.1 Å². The second-order valence-corrected chi connectivity index (χ2v) is 8.05. The van der Waals surface area contributed by atoms with Gasteiger partial charge in [-0.25, -0.2) is 9.97 Å². The Balaban J connectivity index is 1.52. The van der Waals surface area contributed by atoms with Gasteiger partial charge in [-0.05, 0) is 43.3 Å². The van der Waals surface area contributed by atoms with Gasteiger partial charge in [0.05, 0.1) is 27.4 Å². The van der Waals surface area contributed by atoms with Crippen molar-refractivity contribution in [2.24, 2.45) is 0 Å². The summed E-state index contributed by atoms with van der Waals surface area (Å²) in [6.45, 7) is 1.61. The quantitative estimate of drug-likeness (QED) is 0.437. The van der Waals surface area contributed by atoms with Crippen LogP contribution in [0.25, 0.3) is 21.1 Å². The van der Waals surface area contributed by atoms with Crippen molar-refractivity contribution in [3.63, 3.8) is 0 Å². The molecule has 0 saturated heterocycles. The summed E-state index contributed by atoms with van der Waals surface area (Å²) in [7, 11) is 1.60. The average molecular weight is 448 g/mol. The Hall–Kier alpha value is -2.61. The van der Waals surface area contributed by atoms with Gasteiger partial charge in [0.1, 0.15) is 11.3 Å². The number of amides is 1. The van der Waals surface area contributed by atoms with Gasteiger partial charge in [0.2, 0.25) is 0 Å². The first kappa shape index (κ1) is 19.7. The topological polar surface area (TPSA) is 73.3 Å². The minimum Gasteiger partial charge on any atom is -0.497 e. The number of pyridine rings is 1. The molecule has 0 spiro atoms. The lowest BCUT2D eigenvalue weighted by atomic mass is 10.2. The second-order valence-electron chi connectivity index (χ2n) is 6.21. The molecule has 2 heterocycles. The second kappa shape index (κ2) is 8.02. The van der Waals surface area contributed by atoms with E-state index in [1.165, 1.54) is 11.3 Å². The molecule has 0 aliphatic heterocycles. The van der Waals surface area contributed by atoms with Crippen LogP contribution in [0.3, 0.4) is 0 Å². The van der Waals surface area contributed by atoms with Crippen LogP contribution in [0.1, 0.15) is 5.69 Å². The fraction of sp³-hybridized carbons (Fsp3) is 0.150. The summed E-state index contributed by atoms with van der Waals surface area (Å²) in [5, 5.41) is 4.69. The fourth-order valence-electron chi connectivity index (χ4n) is 2.81. The van der Waals surface area contributed by atoms with Gasteiger partial charge in [0, 0.05) is 11.1 Å². The number of hydrogen-bond donors (Lipinski definition) is 1. The zero-order chi connectivity index (χ0) is 20.5. The number of aromatic nitrogens is 2. The number of carbonyl (C=O) groups excluding carboxylic acids is 1.